The van der Waals surface area contributed by atoms with E-state index in [2.05, 4.69) is 40.1 Å². The number of carbonyl (C=O) groups excluding carboxylic acids is 1. The molecule has 4 heterocycles. The molecule has 2 aromatic heterocycles. The molecule has 1 N–H and O–H groups in total. The number of hydrogen-bond donors (Lipinski definition) is 1. The summed E-state index contributed by atoms with van der Waals surface area (Å²) in [6.07, 6.45) is 5.16. The molecule has 0 radical (unpaired) electrons. The second-order valence-corrected chi connectivity index (χ2v) is 14.8. The molecule has 5 aromatic rings. The highest BCUT2D eigenvalue weighted by Gasteiger charge is 2.26. The minimum Gasteiger partial charge on any atom is -0.478 e. The van der Waals surface area contributed by atoms with Gasteiger partial charge in [-0.25, -0.2) is 19.1 Å². The number of anilines is 1. The summed E-state index contributed by atoms with van der Waals surface area (Å²) in [5, 5.41) is 15.8. The third-order valence-electron chi connectivity index (χ3n) is 9.21. The van der Waals surface area contributed by atoms with Crippen molar-refractivity contribution in [1.29, 1.82) is 0 Å². The van der Waals surface area contributed by atoms with Gasteiger partial charge >= 0.3 is 12.1 Å². The highest BCUT2D eigenvalue weighted by Crippen LogP contribution is 2.33. The summed E-state index contributed by atoms with van der Waals surface area (Å²) in [5.74, 6) is -0.977. The number of carboxylic acids is 1. The van der Waals surface area contributed by atoms with Crippen molar-refractivity contribution in [2.24, 2.45) is 0 Å². The topological polar surface area (TPSA) is 104 Å². The fraction of sp³-hybridized carbons (Fsp3) is 0.333. The maximum Gasteiger partial charge on any atom is 0.410 e. The van der Waals surface area contributed by atoms with Gasteiger partial charge in [0, 0.05) is 51.4 Å². The second-order valence-electron chi connectivity index (χ2n) is 13.9. The SMILES string of the molecule is CC(C)(C)OC(=O)N1CC=C(c2cc(-c3ccc(-c4cn5nc(N6CCN(CCc7ccccc7)CC6)sc5n4)cc3)ccc2C(=O)O)CC1. The van der Waals surface area contributed by atoms with E-state index in [4.69, 9.17) is 14.8 Å². The average molecular weight is 691 g/mol. The Balaban J connectivity index is 1.01. The van der Waals surface area contributed by atoms with Crippen molar-refractivity contribution in [3.8, 4) is 22.4 Å². The van der Waals surface area contributed by atoms with Gasteiger partial charge in [-0.1, -0.05) is 78.1 Å². The Morgan fingerprint density at radius 1 is 0.900 bits per heavy atom. The number of amides is 1. The fourth-order valence-electron chi connectivity index (χ4n) is 6.47. The Labute approximate surface area is 296 Å². The van der Waals surface area contributed by atoms with Crippen LogP contribution in [-0.2, 0) is 11.2 Å². The average Bonchev–Trinajstić information content (AvgIpc) is 3.71. The zero-order chi connectivity index (χ0) is 34.8. The Bertz CT molecular complexity index is 1990. The molecule has 0 bridgehead atoms. The summed E-state index contributed by atoms with van der Waals surface area (Å²) < 4.78 is 7.39. The van der Waals surface area contributed by atoms with Crippen LogP contribution in [0.5, 0.6) is 0 Å². The van der Waals surface area contributed by atoms with Gasteiger partial charge in [-0.3, -0.25) is 4.90 Å². The third kappa shape index (κ3) is 7.59. The molecule has 1 fully saturated rings. The first kappa shape index (κ1) is 33.5. The predicted octanol–water partition coefficient (Wildman–Crippen LogP) is 7.21. The van der Waals surface area contributed by atoms with Crippen molar-refractivity contribution in [3.63, 3.8) is 0 Å². The van der Waals surface area contributed by atoms with Crippen LogP contribution in [0, 0.1) is 0 Å². The quantitative estimate of drug-likeness (QED) is 0.182. The second kappa shape index (κ2) is 14.1. The smallest absolute Gasteiger partial charge is 0.410 e. The monoisotopic (exact) mass is 690 g/mol. The van der Waals surface area contributed by atoms with Gasteiger partial charge < -0.3 is 19.6 Å². The third-order valence-corrected chi connectivity index (χ3v) is 10.2. The lowest BCUT2D eigenvalue weighted by Crippen LogP contribution is -2.47. The molecule has 0 saturated carbocycles. The molecule has 7 rings (SSSR count). The van der Waals surface area contributed by atoms with Crippen LogP contribution in [0.3, 0.4) is 0 Å². The lowest BCUT2D eigenvalue weighted by molar-refractivity contribution is 0.0270. The van der Waals surface area contributed by atoms with E-state index in [1.54, 1.807) is 22.3 Å². The summed E-state index contributed by atoms with van der Waals surface area (Å²) >= 11 is 1.62. The fourth-order valence-corrected chi connectivity index (χ4v) is 7.40. The molecule has 2 aliphatic rings. The van der Waals surface area contributed by atoms with E-state index in [-0.39, 0.29) is 11.7 Å². The number of aromatic nitrogens is 3. The van der Waals surface area contributed by atoms with Crippen LogP contribution in [0.1, 0.15) is 48.7 Å². The van der Waals surface area contributed by atoms with Crippen LogP contribution in [0.4, 0.5) is 9.93 Å². The van der Waals surface area contributed by atoms with E-state index in [0.717, 1.165) is 77.2 Å². The minimum atomic E-state index is -0.977. The maximum absolute atomic E-state index is 12.5. The van der Waals surface area contributed by atoms with Crippen LogP contribution in [0.15, 0.2) is 85.1 Å². The number of aromatic carboxylic acids is 1. The minimum absolute atomic E-state index is 0.247. The van der Waals surface area contributed by atoms with Crippen LogP contribution >= 0.6 is 11.3 Å². The number of imidazole rings is 1. The van der Waals surface area contributed by atoms with E-state index in [1.807, 2.05) is 74.0 Å². The summed E-state index contributed by atoms with van der Waals surface area (Å²) in [6, 6.07) is 24.3. The number of rotatable bonds is 8. The van der Waals surface area contributed by atoms with E-state index in [0.29, 0.717) is 25.1 Å². The number of carbonyl (C=O) groups is 2. The number of benzene rings is 3. The normalized spacial score (nSPS) is 15.7. The van der Waals surface area contributed by atoms with Crippen LogP contribution in [0.25, 0.3) is 32.9 Å². The Morgan fingerprint density at radius 3 is 2.28 bits per heavy atom. The van der Waals surface area contributed by atoms with Crippen LogP contribution < -0.4 is 4.90 Å². The standard InChI is InChI=1S/C39H42N6O4S/c1-39(2,3)49-38(48)44-19-16-29(17-20-44)33-25-31(13-14-32(33)35(46)47)28-9-11-30(12-10-28)34-26-45-36(40-34)50-37(41-45)43-23-21-42(22-24-43)18-15-27-7-5-4-6-8-27/h4-14,16,25-26H,15,17-24H2,1-3H3,(H,46,47). The van der Waals surface area contributed by atoms with E-state index in [9.17, 15) is 14.7 Å². The molecule has 1 saturated heterocycles. The van der Waals surface area contributed by atoms with Gasteiger partial charge in [-0.15, -0.1) is 5.10 Å². The molecule has 0 spiro atoms. The molecule has 0 unspecified atom stereocenters. The van der Waals surface area contributed by atoms with Crippen LogP contribution in [-0.4, -0.2) is 93.0 Å². The van der Waals surface area contributed by atoms with Gasteiger partial charge in [-0.2, -0.15) is 0 Å². The maximum atomic E-state index is 12.5. The number of nitrogens with zero attached hydrogens (tertiary/aromatic N) is 6. The summed E-state index contributed by atoms with van der Waals surface area (Å²) in [7, 11) is 0. The molecular weight excluding hydrogens is 649 g/mol. The van der Waals surface area contributed by atoms with E-state index in [1.165, 1.54) is 5.56 Å². The van der Waals surface area contributed by atoms with Crippen molar-refractivity contribution in [3.05, 3.63) is 102 Å². The molecule has 10 nitrogen and oxygen atoms in total. The number of fused-ring (bicyclic) bond motifs is 1. The van der Waals surface area contributed by atoms with Gasteiger partial charge in [0.1, 0.15) is 5.60 Å². The molecule has 2 aliphatic heterocycles. The summed E-state index contributed by atoms with van der Waals surface area (Å²) in [4.78, 5) is 37.0. The first-order valence-corrected chi connectivity index (χ1v) is 17.9. The zero-order valence-corrected chi connectivity index (χ0v) is 29.5. The van der Waals surface area contributed by atoms with E-state index >= 15 is 0 Å². The van der Waals surface area contributed by atoms with Gasteiger partial charge in [0.25, 0.3) is 0 Å². The van der Waals surface area contributed by atoms with E-state index < -0.39 is 11.6 Å². The van der Waals surface area contributed by atoms with Crippen molar-refractivity contribution in [2.75, 3.05) is 50.7 Å². The highest BCUT2D eigenvalue weighted by molar-refractivity contribution is 7.20. The van der Waals surface area contributed by atoms with Crippen molar-refractivity contribution < 1.29 is 19.4 Å². The molecule has 50 heavy (non-hydrogen) atoms. The predicted molar refractivity (Wildman–Crippen MR) is 198 cm³/mol. The van der Waals surface area contributed by atoms with Gasteiger partial charge in [0.05, 0.1) is 17.5 Å². The molecule has 0 aliphatic carbocycles. The molecule has 258 valence electrons. The first-order valence-electron chi connectivity index (χ1n) is 17.1. The van der Waals surface area contributed by atoms with Crippen LogP contribution in [0.2, 0.25) is 0 Å². The summed E-state index contributed by atoms with van der Waals surface area (Å²) in [6.45, 7) is 11.4. The zero-order valence-electron chi connectivity index (χ0n) is 28.7. The van der Waals surface area contributed by atoms with Crippen molar-refractivity contribution in [1.82, 2.24) is 24.4 Å². The van der Waals surface area contributed by atoms with Gasteiger partial charge in [0.15, 0.2) is 0 Å². The first-order chi connectivity index (χ1) is 24.1. The number of hydrogen-bond acceptors (Lipinski definition) is 8. The Kier molecular flexibility index (Phi) is 9.44. The molecule has 11 heteroatoms. The van der Waals surface area contributed by atoms with Gasteiger partial charge in [0.2, 0.25) is 10.1 Å². The Morgan fingerprint density at radius 2 is 1.62 bits per heavy atom. The Hall–Kier alpha value is -5.00. The number of ether oxygens (including phenoxy) is 1. The largest absolute Gasteiger partial charge is 0.478 e. The molecular formula is C39H42N6O4S. The highest BCUT2D eigenvalue weighted by atomic mass is 32.1. The van der Waals surface area contributed by atoms with Crippen molar-refractivity contribution >= 4 is 39.1 Å². The lowest BCUT2D eigenvalue weighted by Gasteiger charge is -2.34. The number of carboxylic acid groups (broad SMARTS) is 1. The lowest BCUT2D eigenvalue weighted by atomic mass is 9.91. The number of piperazine rings is 1. The van der Waals surface area contributed by atoms with Gasteiger partial charge in [-0.05, 0) is 73.6 Å². The molecule has 1 amide bonds. The molecule has 0 atom stereocenters. The molecule has 3 aromatic carbocycles. The summed E-state index contributed by atoms with van der Waals surface area (Å²) in [5.41, 5.74) is 6.38. The van der Waals surface area contributed by atoms with Crippen molar-refractivity contribution in [2.45, 2.75) is 39.2 Å².